The normalized spacial score (nSPS) is 14.6. The first-order chi connectivity index (χ1) is 15.0. The standard InChI is InChI=1S/C24H23ClFN3O2/c1-16(22-11-10-17(26)12-23(22)25)27-19-14-29(15-19)24(30)28-18-6-5-9-21(13-18)31-20-7-3-2-4-8-20/h2-13,16,19,27H,14-15H2,1H3,(H,28,30). The summed E-state index contributed by atoms with van der Waals surface area (Å²) in [6, 6.07) is 21.1. The first kappa shape index (κ1) is 21.2. The predicted octanol–water partition coefficient (Wildman–Crippen LogP) is 5.84. The number of hydrogen-bond acceptors (Lipinski definition) is 3. The molecule has 1 aliphatic rings. The Morgan fingerprint density at radius 1 is 1.06 bits per heavy atom. The van der Waals surface area contributed by atoms with Gasteiger partial charge in [0.1, 0.15) is 17.3 Å². The summed E-state index contributed by atoms with van der Waals surface area (Å²) < 4.78 is 19.1. The van der Waals surface area contributed by atoms with Crippen LogP contribution in [0.1, 0.15) is 18.5 Å². The Balaban J connectivity index is 1.28. The van der Waals surface area contributed by atoms with Gasteiger partial charge in [-0.1, -0.05) is 41.9 Å². The van der Waals surface area contributed by atoms with Crippen molar-refractivity contribution in [3.63, 3.8) is 0 Å². The molecule has 5 nitrogen and oxygen atoms in total. The maximum Gasteiger partial charge on any atom is 0.321 e. The Morgan fingerprint density at radius 3 is 2.55 bits per heavy atom. The van der Waals surface area contributed by atoms with Crippen LogP contribution in [-0.4, -0.2) is 30.1 Å². The number of para-hydroxylation sites is 1. The summed E-state index contributed by atoms with van der Waals surface area (Å²) in [5.74, 6) is 1.03. The molecule has 1 unspecified atom stereocenters. The van der Waals surface area contributed by atoms with E-state index in [0.717, 1.165) is 11.3 Å². The van der Waals surface area contributed by atoms with Gasteiger partial charge in [-0.2, -0.15) is 0 Å². The number of hydrogen-bond donors (Lipinski definition) is 2. The van der Waals surface area contributed by atoms with Crippen LogP contribution in [0, 0.1) is 5.82 Å². The van der Waals surface area contributed by atoms with Gasteiger partial charge in [0.05, 0.1) is 0 Å². The molecule has 160 valence electrons. The Bertz CT molecular complexity index is 1060. The van der Waals surface area contributed by atoms with Crippen LogP contribution in [-0.2, 0) is 0 Å². The number of nitrogens with zero attached hydrogens (tertiary/aromatic N) is 1. The van der Waals surface area contributed by atoms with E-state index in [1.54, 1.807) is 17.0 Å². The number of rotatable bonds is 6. The number of anilines is 1. The second kappa shape index (κ2) is 9.37. The minimum Gasteiger partial charge on any atom is -0.457 e. The Morgan fingerprint density at radius 2 is 1.81 bits per heavy atom. The van der Waals surface area contributed by atoms with E-state index in [2.05, 4.69) is 10.6 Å². The lowest BCUT2D eigenvalue weighted by Gasteiger charge is -2.41. The molecule has 2 N–H and O–H groups in total. The third kappa shape index (κ3) is 5.34. The van der Waals surface area contributed by atoms with Crippen molar-refractivity contribution in [1.29, 1.82) is 0 Å². The summed E-state index contributed by atoms with van der Waals surface area (Å²) in [5, 5.41) is 6.73. The average molecular weight is 440 g/mol. The molecule has 0 saturated carbocycles. The van der Waals surface area contributed by atoms with E-state index in [0.29, 0.717) is 29.5 Å². The Labute approximate surface area is 185 Å². The first-order valence-electron chi connectivity index (χ1n) is 10.1. The number of ether oxygens (including phenoxy) is 1. The van der Waals surface area contributed by atoms with Crippen molar-refractivity contribution in [3.05, 3.63) is 89.2 Å². The molecule has 4 rings (SSSR count). The lowest BCUT2D eigenvalue weighted by atomic mass is 10.0. The van der Waals surface area contributed by atoms with E-state index in [9.17, 15) is 9.18 Å². The van der Waals surface area contributed by atoms with Gasteiger partial charge in [0.25, 0.3) is 0 Å². The molecular weight excluding hydrogens is 417 g/mol. The summed E-state index contributed by atoms with van der Waals surface area (Å²) in [4.78, 5) is 14.3. The van der Waals surface area contributed by atoms with Gasteiger partial charge in [-0.15, -0.1) is 0 Å². The van der Waals surface area contributed by atoms with Gasteiger partial charge in [-0.3, -0.25) is 0 Å². The van der Waals surface area contributed by atoms with Crippen molar-refractivity contribution < 1.29 is 13.9 Å². The fourth-order valence-corrected chi connectivity index (χ4v) is 3.84. The maximum absolute atomic E-state index is 13.2. The van der Waals surface area contributed by atoms with Gasteiger partial charge >= 0.3 is 6.03 Å². The highest BCUT2D eigenvalue weighted by molar-refractivity contribution is 6.31. The second-order valence-electron chi connectivity index (χ2n) is 7.53. The van der Waals surface area contributed by atoms with Gasteiger partial charge < -0.3 is 20.3 Å². The molecule has 0 spiro atoms. The predicted molar refractivity (Wildman–Crippen MR) is 120 cm³/mol. The quantitative estimate of drug-likeness (QED) is 0.507. The number of carbonyl (C=O) groups is 1. The van der Waals surface area contributed by atoms with Gasteiger partial charge in [-0.05, 0) is 48.9 Å². The monoisotopic (exact) mass is 439 g/mol. The molecule has 0 radical (unpaired) electrons. The van der Waals surface area contributed by atoms with Crippen LogP contribution in [0.5, 0.6) is 11.5 Å². The number of amides is 2. The largest absolute Gasteiger partial charge is 0.457 e. The van der Waals surface area contributed by atoms with Crippen molar-refractivity contribution in [2.45, 2.75) is 19.0 Å². The van der Waals surface area contributed by atoms with Crippen LogP contribution in [0.2, 0.25) is 5.02 Å². The molecule has 1 fully saturated rings. The lowest BCUT2D eigenvalue weighted by molar-refractivity contribution is 0.143. The minimum absolute atomic E-state index is 0.0462. The van der Waals surface area contributed by atoms with E-state index in [1.165, 1.54) is 12.1 Å². The van der Waals surface area contributed by atoms with Gasteiger partial charge in [0.2, 0.25) is 0 Å². The van der Waals surface area contributed by atoms with Gasteiger partial charge in [0.15, 0.2) is 0 Å². The molecule has 1 aliphatic heterocycles. The van der Waals surface area contributed by atoms with Crippen LogP contribution in [0.15, 0.2) is 72.8 Å². The maximum atomic E-state index is 13.2. The Kier molecular flexibility index (Phi) is 6.39. The van der Waals surface area contributed by atoms with E-state index in [1.807, 2.05) is 55.5 Å². The molecule has 7 heteroatoms. The topological polar surface area (TPSA) is 53.6 Å². The van der Waals surface area contributed by atoms with E-state index in [-0.39, 0.29) is 23.9 Å². The summed E-state index contributed by atoms with van der Waals surface area (Å²) in [6.07, 6.45) is 0. The number of urea groups is 1. The molecule has 0 aliphatic carbocycles. The third-order valence-electron chi connectivity index (χ3n) is 5.15. The molecule has 1 heterocycles. The van der Waals surface area contributed by atoms with Crippen LogP contribution in [0.25, 0.3) is 0 Å². The number of benzene rings is 3. The first-order valence-corrected chi connectivity index (χ1v) is 10.5. The zero-order valence-corrected chi connectivity index (χ0v) is 17.8. The third-order valence-corrected chi connectivity index (χ3v) is 5.48. The van der Waals surface area contributed by atoms with Crippen LogP contribution < -0.4 is 15.4 Å². The molecule has 0 bridgehead atoms. The molecule has 1 saturated heterocycles. The van der Waals surface area contributed by atoms with Crippen LogP contribution in [0.3, 0.4) is 0 Å². The molecular formula is C24H23ClFN3O2. The van der Waals surface area contributed by atoms with Crippen molar-refractivity contribution in [3.8, 4) is 11.5 Å². The summed E-state index contributed by atoms with van der Waals surface area (Å²) in [7, 11) is 0. The molecule has 3 aromatic carbocycles. The summed E-state index contributed by atoms with van der Waals surface area (Å²) in [6.45, 7) is 3.13. The van der Waals surface area contributed by atoms with Crippen LogP contribution in [0.4, 0.5) is 14.9 Å². The molecule has 1 atom stereocenters. The SMILES string of the molecule is CC(NC1CN(C(=O)Nc2cccc(Oc3ccccc3)c2)C1)c1ccc(F)cc1Cl. The smallest absolute Gasteiger partial charge is 0.321 e. The summed E-state index contributed by atoms with van der Waals surface area (Å²) >= 11 is 6.14. The van der Waals surface area contributed by atoms with Crippen LogP contribution >= 0.6 is 11.6 Å². The molecule has 31 heavy (non-hydrogen) atoms. The fraction of sp³-hybridized carbons (Fsp3) is 0.208. The van der Waals surface area contributed by atoms with Gasteiger partial charge in [0, 0.05) is 41.9 Å². The van der Waals surface area contributed by atoms with Crippen molar-refractivity contribution in [2.24, 2.45) is 0 Å². The number of likely N-dealkylation sites (tertiary alicyclic amines) is 1. The number of nitrogens with one attached hydrogen (secondary N) is 2. The van der Waals surface area contributed by atoms with Crippen molar-refractivity contribution in [2.75, 3.05) is 18.4 Å². The van der Waals surface area contributed by atoms with E-state index in [4.69, 9.17) is 16.3 Å². The zero-order chi connectivity index (χ0) is 21.8. The fourth-order valence-electron chi connectivity index (χ4n) is 3.51. The number of carbonyl (C=O) groups excluding carboxylic acids is 1. The van der Waals surface area contributed by atoms with E-state index >= 15 is 0 Å². The molecule has 0 aromatic heterocycles. The highest BCUT2D eigenvalue weighted by Crippen LogP contribution is 2.26. The minimum atomic E-state index is -0.356. The zero-order valence-electron chi connectivity index (χ0n) is 17.0. The lowest BCUT2D eigenvalue weighted by Crippen LogP contribution is -2.61. The highest BCUT2D eigenvalue weighted by atomic mass is 35.5. The van der Waals surface area contributed by atoms with E-state index < -0.39 is 0 Å². The molecule has 2 amide bonds. The number of halogens is 2. The average Bonchev–Trinajstić information content (AvgIpc) is 2.71. The second-order valence-corrected chi connectivity index (χ2v) is 7.94. The molecule has 3 aromatic rings. The van der Waals surface area contributed by atoms with Gasteiger partial charge in [-0.25, -0.2) is 9.18 Å². The van der Waals surface area contributed by atoms with Crippen molar-refractivity contribution in [1.82, 2.24) is 10.2 Å². The summed E-state index contributed by atoms with van der Waals surface area (Å²) in [5.41, 5.74) is 1.50. The Hall–Kier alpha value is -3.09. The van der Waals surface area contributed by atoms with Crippen molar-refractivity contribution >= 4 is 23.3 Å². The highest BCUT2D eigenvalue weighted by Gasteiger charge is 2.31.